The van der Waals surface area contributed by atoms with Gasteiger partial charge in [-0.2, -0.15) is 0 Å². The van der Waals surface area contributed by atoms with Crippen LogP contribution in [0.5, 0.6) is 11.5 Å². The van der Waals surface area contributed by atoms with Crippen LogP contribution in [0.2, 0.25) is 5.02 Å². The SMILES string of the molecule is C[C@@H]1CC(=O)N1[C@@H](C(=O)O)[C@H](C1=NOC(c2ccc(O)c(O)c2Cl)C1)[SH](=O)=O. The Balaban J connectivity index is 1.89. The largest absolute Gasteiger partial charge is 0.504 e. The van der Waals surface area contributed by atoms with Crippen molar-refractivity contribution in [3.8, 4) is 11.5 Å². The summed E-state index contributed by atoms with van der Waals surface area (Å²) in [4.78, 5) is 29.9. The molecule has 10 nitrogen and oxygen atoms in total. The summed E-state index contributed by atoms with van der Waals surface area (Å²) in [5.74, 6) is -2.92. The van der Waals surface area contributed by atoms with Crippen LogP contribution < -0.4 is 0 Å². The van der Waals surface area contributed by atoms with Crippen molar-refractivity contribution in [2.75, 3.05) is 0 Å². The Morgan fingerprint density at radius 2 is 2.04 bits per heavy atom. The summed E-state index contributed by atoms with van der Waals surface area (Å²) in [5, 5.41) is 30.8. The zero-order valence-corrected chi connectivity index (χ0v) is 16.1. The predicted octanol–water partition coefficient (Wildman–Crippen LogP) is 0.623. The maximum Gasteiger partial charge on any atom is 0.328 e. The highest BCUT2D eigenvalue weighted by molar-refractivity contribution is 7.74. The summed E-state index contributed by atoms with van der Waals surface area (Å²) < 4.78 is 23.8. The van der Waals surface area contributed by atoms with Crippen LogP contribution in [0.25, 0.3) is 0 Å². The number of halogens is 1. The molecule has 3 N–H and O–H groups in total. The minimum atomic E-state index is -3.30. The van der Waals surface area contributed by atoms with Gasteiger partial charge >= 0.3 is 5.97 Å². The summed E-state index contributed by atoms with van der Waals surface area (Å²) in [6.07, 6.45) is -0.858. The van der Waals surface area contributed by atoms with Crippen molar-refractivity contribution in [2.24, 2.45) is 5.16 Å². The number of amides is 1. The van der Waals surface area contributed by atoms with Gasteiger partial charge in [0.05, 0.1) is 10.7 Å². The third-order valence-electron chi connectivity index (χ3n) is 4.82. The minimum Gasteiger partial charge on any atom is -0.504 e. The first-order valence-electron chi connectivity index (χ1n) is 8.23. The van der Waals surface area contributed by atoms with Gasteiger partial charge in [-0.05, 0) is 19.1 Å². The van der Waals surface area contributed by atoms with Gasteiger partial charge in [-0.3, -0.25) is 4.79 Å². The second kappa shape index (κ2) is 7.47. The number of carbonyl (C=O) groups is 2. The number of carbonyl (C=O) groups excluding carboxylic acids is 1. The first kappa shape index (κ1) is 20.2. The number of phenolic OH excluding ortho intramolecular Hbond substituents is 2. The highest BCUT2D eigenvalue weighted by Gasteiger charge is 2.49. The first-order chi connectivity index (χ1) is 13.1. The molecule has 0 radical (unpaired) electrons. The molecular weight excluding hydrogens is 416 g/mol. The Kier molecular flexibility index (Phi) is 5.39. The number of nitrogens with zero attached hydrogens (tertiary/aromatic N) is 2. The third-order valence-corrected chi connectivity index (χ3v) is 6.25. The van der Waals surface area contributed by atoms with Crippen LogP contribution in [0.1, 0.15) is 31.4 Å². The van der Waals surface area contributed by atoms with E-state index in [1.807, 2.05) is 0 Å². The number of hydrogen-bond donors (Lipinski definition) is 4. The summed E-state index contributed by atoms with van der Waals surface area (Å²) in [6, 6.07) is 0.530. The second-order valence-electron chi connectivity index (χ2n) is 6.58. The summed E-state index contributed by atoms with van der Waals surface area (Å²) in [6.45, 7) is 1.63. The Hall–Kier alpha value is -2.53. The number of carboxylic acid groups (broad SMARTS) is 1. The maximum absolute atomic E-state index is 11.9. The number of rotatable bonds is 6. The van der Waals surface area contributed by atoms with Crippen molar-refractivity contribution >= 4 is 39.9 Å². The molecule has 1 aromatic carbocycles. The van der Waals surface area contributed by atoms with Crippen molar-refractivity contribution in [3.05, 3.63) is 22.7 Å². The number of β-lactam (4-membered cyclic amide) rings is 1. The fourth-order valence-electron chi connectivity index (χ4n) is 3.40. The van der Waals surface area contributed by atoms with Gasteiger partial charge in [-0.25, -0.2) is 13.2 Å². The molecule has 0 aromatic heterocycles. The smallest absolute Gasteiger partial charge is 0.328 e. The van der Waals surface area contributed by atoms with Crippen molar-refractivity contribution in [1.29, 1.82) is 0 Å². The van der Waals surface area contributed by atoms with Crippen LogP contribution in [-0.4, -0.2) is 63.6 Å². The van der Waals surface area contributed by atoms with Crippen molar-refractivity contribution in [1.82, 2.24) is 4.90 Å². The van der Waals surface area contributed by atoms with Crippen LogP contribution in [0.4, 0.5) is 0 Å². The van der Waals surface area contributed by atoms with E-state index in [1.54, 1.807) is 6.92 Å². The van der Waals surface area contributed by atoms with E-state index in [0.717, 1.165) is 4.90 Å². The predicted molar refractivity (Wildman–Crippen MR) is 97.1 cm³/mol. The standard InChI is InChI=1S/C16H17ClN2O8S/c1-6-4-11(21)19(6)13(16(23)24)15(28(25)26)8-5-10(27-18-8)7-2-3-9(20)14(22)12(7)17/h2-3,6,10,13,15,20,22,28H,4-5H2,1H3,(H,23,24)/t6-,10?,13-,15+/m1/s1. The lowest BCUT2D eigenvalue weighted by Gasteiger charge is -2.43. The van der Waals surface area contributed by atoms with Gasteiger partial charge in [0.15, 0.2) is 34.3 Å². The first-order valence-corrected chi connectivity index (χ1v) is 9.86. The molecule has 2 aliphatic rings. The van der Waals surface area contributed by atoms with E-state index in [9.17, 15) is 33.3 Å². The molecule has 152 valence electrons. The molecular formula is C16H17ClN2O8S. The fourth-order valence-corrected chi connectivity index (χ4v) is 4.58. The number of thiol groups is 1. The number of oxime groups is 1. The molecule has 1 aromatic rings. The molecule has 1 amide bonds. The highest BCUT2D eigenvalue weighted by atomic mass is 35.5. The molecule has 2 aliphatic heterocycles. The van der Waals surface area contributed by atoms with Crippen LogP contribution in [0.15, 0.2) is 17.3 Å². The number of hydrogen-bond acceptors (Lipinski definition) is 8. The molecule has 28 heavy (non-hydrogen) atoms. The van der Waals surface area contributed by atoms with Crippen molar-refractivity contribution in [3.63, 3.8) is 0 Å². The Labute approximate surface area is 165 Å². The molecule has 3 rings (SSSR count). The lowest BCUT2D eigenvalue weighted by atomic mass is 9.94. The lowest BCUT2D eigenvalue weighted by Crippen LogP contribution is -2.63. The monoisotopic (exact) mass is 432 g/mol. The zero-order chi connectivity index (χ0) is 20.7. The Morgan fingerprint density at radius 1 is 1.36 bits per heavy atom. The summed E-state index contributed by atoms with van der Waals surface area (Å²) >= 11 is 5.99. The second-order valence-corrected chi connectivity index (χ2v) is 8.09. The van der Waals surface area contributed by atoms with Gasteiger partial charge < -0.3 is 25.1 Å². The van der Waals surface area contributed by atoms with Gasteiger partial charge in [0.1, 0.15) is 5.25 Å². The van der Waals surface area contributed by atoms with Gasteiger partial charge in [0, 0.05) is 24.4 Å². The Morgan fingerprint density at radius 3 is 2.57 bits per heavy atom. The molecule has 0 aliphatic carbocycles. The van der Waals surface area contributed by atoms with Crippen molar-refractivity contribution in [2.45, 2.75) is 43.2 Å². The van der Waals surface area contributed by atoms with E-state index in [-0.39, 0.29) is 29.1 Å². The minimum absolute atomic E-state index is 0.0657. The maximum atomic E-state index is 11.9. The molecule has 1 fully saturated rings. The number of phenols is 2. The van der Waals surface area contributed by atoms with E-state index in [0.29, 0.717) is 0 Å². The van der Waals surface area contributed by atoms with Crippen LogP contribution in [0, 0.1) is 0 Å². The fraction of sp³-hybridized carbons (Fsp3) is 0.438. The Bertz CT molecular complexity index is 939. The van der Waals surface area contributed by atoms with Gasteiger partial charge in [-0.1, -0.05) is 16.8 Å². The number of aliphatic carboxylic acids is 1. The number of likely N-dealkylation sites (tertiary alicyclic amines) is 1. The quantitative estimate of drug-likeness (QED) is 0.290. The molecule has 12 heteroatoms. The molecule has 4 atom stereocenters. The number of benzene rings is 1. The van der Waals surface area contributed by atoms with Gasteiger partial charge in [0.25, 0.3) is 0 Å². The summed E-state index contributed by atoms with van der Waals surface area (Å²) in [7, 11) is -3.30. The molecule has 0 spiro atoms. The molecule has 1 saturated heterocycles. The summed E-state index contributed by atoms with van der Waals surface area (Å²) in [5.41, 5.74) is 0.180. The van der Waals surface area contributed by atoms with Gasteiger partial charge in [-0.15, -0.1) is 0 Å². The van der Waals surface area contributed by atoms with Gasteiger partial charge in [0.2, 0.25) is 5.91 Å². The molecule has 1 unspecified atom stereocenters. The lowest BCUT2D eigenvalue weighted by molar-refractivity contribution is -0.160. The number of carboxylic acids is 1. The third kappa shape index (κ3) is 3.35. The molecule has 0 saturated carbocycles. The van der Waals surface area contributed by atoms with E-state index in [2.05, 4.69) is 5.16 Å². The molecule has 2 heterocycles. The van der Waals surface area contributed by atoms with E-state index < -0.39 is 57.5 Å². The highest BCUT2D eigenvalue weighted by Crippen LogP contribution is 2.42. The average molecular weight is 433 g/mol. The normalized spacial score (nSPS) is 23.8. The van der Waals surface area contributed by atoms with Crippen LogP contribution in [0.3, 0.4) is 0 Å². The van der Waals surface area contributed by atoms with E-state index >= 15 is 0 Å². The zero-order valence-electron chi connectivity index (χ0n) is 14.5. The van der Waals surface area contributed by atoms with E-state index in [1.165, 1.54) is 12.1 Å². The molecule has 0 bridgehead atoms. The number of aromatic hydroxyl groups is 2. The van der Waals surface area contributed by atoms with Crippen LogP contribution >= 0.6 is 11.6 Å². The van der Waals surface area contributed by atoms with Crippen molar-refractivity contribution < 1.29 is 38.2 Å². The van der Waals surface area contributed by atoms with E-state index in [4.69, 9.17) is 16.4 Å². The average Bonchev–Trinajstić information content (AvgIpc) is 3.08. The topological polar surface area (TPSA) is 154 Å². The van der Waals surface area contributed by atoms with Crippen LogP contribution in [-0.2, 0) is 25.1 Å².